The quantitative estimate of drug-likeness (QED) is 0.238. The van der Waals surface area contributed by atoms with Gasteiger partial charge in [0.25, 0.3) is 0 Å². The SMILES string of the molecule is CCNC(=NCC(c1ccc(C)s1)N1CCOCC1)N1CCC[C@@H](C(=O)OCC)C1.I. The van der Waals surface area contributed by atoms with Gasteiger partial charge in [-0.05, 0) is 45.7 Å². The number of nitrogens with one attached hydrogen (secondary N) is 1. The van der Waals surface area contributed by atoms with Crippen LogP contribution in [-0.2, 0) is 14.3 Å². The Bertz CT molecular complexity index is 709. The molecule has 0 amide bonds. The molecule has 1 aromatic heterocycles. The predicted molar refractivity (Wildman–Crippen MR) is 137 cm³/mol. The second-order valence-electron chi connectivity index (χ2n) is 7.84. The number of carbonyl (C=O) groups excluding carboxylic acids is 1. The Morgan fingerprint density at radius 1 is 1.32 bits per heavy atom. The number of aliphatic imine (C=N–C) groups is 1. The lowest BCUT2D eigenvalue weighted by atomic mass is 9.98. The molecule has 9 heteroatoms. The van der Waals surface area contributed by atoms with E-state index in [4.69, 9.17) is 14.5 Å². The number of hydrogen-bond acceptors (Lipinski definition) is 6. The fourth-order valence-corrected chi connectivity index (χ4v) is 5.13. The zero-order chi connectivity index (χ0) is 21.3. The van der Waals surface area contributed by atoms with Crippen LogP contribution < -0.4 is 5.32 Å². The van der Waals surface area contributed by atoms with E-state index in [2.05, 4.69) is 41.1 Å². The Hall–Kier alpha value is -0.910. The number of likely N-dealkylation sites (tertiary alicyclic amines) is 1. The van der Waals surface area contributed by atoms with Crippen molar-refractivity contribution in [2.45, 2.75) is 39.7 Å². The maximum atomic E-state index is 12.3. The van der Waals surface area contributed by atoms with Crippen LogP contribution in [-0.4, -0.2) is 80.8 Å². The molecule has 0 radical (unpaired) electrons. The maximum absolute atomic E-state index is 12.3. The third kappa shape index (κ3) is 7.57. The number of esters is 1. The van der Waals surface area contributed by atoms with Crippen LogP contribution in [0, 0.1) is 12.8 Å². The lowest BCUT2D eigenvalue weighted by molar-refractivity contribution is -0.149. The summed E-state index contributed by atoms with van der Waals surface area (Å²) in [7, 11) is 0. The number of piperidine rings is 1. The van der Waals surface area contributed by atoms with Gasteiger partial charge in [0.1, 0.15) is 0 Å². The standard InChI is InChI=1S/C22H36N4O3S.HI/c1-4-23-22(26-10-6-7-18(16-26)21(27)29-5-2)24-15-19(20-9-8-17(3)30-20)25-11-13-28-14-12-25;/h8-9,18-19H,4-7,10-16H2,1-3H3,(H,23,24);1H/t18-,19?;/m1./s1. The Balaban J connectivity index is 0.00000341. The summed E-state index contributed by atoms with van der Waals surface area (Å²) in [6.45, 7) is 13.1. The first-order valence-corrected chi connectivity index (χ1v) is 12.0. The van der Waals surface area contributed by atoms with E-state index < -0.39 is 0 Å². The van der Waals surface area contributed by atoms with E-state index in [-0.39, 0.29) is 41.9 Å². The first kappa shape index (κ1) is 26.3. The monoisotopic (exact) mass is 564 g/mol. The number of nitrogens with zero attached hydrogens (tertiary/aromatic N) is 3. The van der Waals surface area contributed by atoms with Gasteiger partial charge in [0.15, 0.2) is 5.96 Å². The van der Waals surface area contributed by atoms with Crippen LogP contribution >= 0.6 is 35.3 Å². The second kappa shape index (κ2) is 13.6. The number of halogens is 1. The number of hydrogen-bond donors (Lipinski definition) is 1. The number of ether oxygens (including phenoxy) is 2. The van der Waals surface area contributed by atoms with E-state index in [9.17, 15) is 4.79 Å². The van der Waals surface area contributed by atoms with Gasteiger partial charge in [0, 0.05) is 42.5 Å². The van der Waals surface area contributed by atoms with Crippen LogP contribution in [0.3, 0.4) is 0 Å². The summed E-state index contributed by atoms with van der Waals surface area (Å²) in [6, 6.07) is 4.68. The largest absolute Gasteiger partial charge is 0.466 e. The average molecular weight is 565 g/mol. The molecule has 2 atom stereocenters. The van der Waals surface area contributed by atoms with Crippen LogP contribution in [0.2, 0.25) is 0 Å². The molecule has 1 aromatic rings. The third-order valence-electron chi connectivity index (χ3n) is 5.67. The molecule has 2 saturated heterocycles. The summed E-state index contributed by atoms with van der Waals surface area (Å²) in [4.78, 5) is 24.7. The number of morpholine rings is 1. The second-order valence-corrected chi connectivity index (χ2v) is 9.16. The fraction of sp³-hybridized carbons (Fsp3) is 0.727. The highest BCUT2D eigenvalue weighted by Gasteiger charge is 2.29. The third-order valence-corrected chi connectivity index (χ3v) is 6.77. The van der Waals surface area contributed by atoms with Crippen LogP contribution in [0.1, 0.15) is 42.5 Å². The number of carbonyl (C=O) groups is 1. The van der Waals surface area contributed by atoms with Crippen LogP contribution in [0.5, 0.6) is 0 Å². The first-order chi connectivity index (χ1) is 14.6. The molecule has 0 spiro atoms. The molecular weight excluding hydrogens is 527 g/mol. The normalized spacial score (nSPS) is 21.3. The molecule has 0 aromatic carbocycles. The molecule has 0 bridgehead atoms. The Labute approximate surface area is 207 Å². The molecule has 2 aliphatic heterocycles. The molecule has 0 saturated carbocycles. The van der Waals surface area contributed by atoms with Gasteiger partial charge in [-0.1, -0.05) is 0 Å². The van der Waals surface area contributed by atoms with Gasteiger partial charge in [-0.2, -0.15) is 0 Å². The summed E-state index contributed by atoms with van der Waals surface area (Å²) < 4.78 is 10.8. The van der Waals surface area contributed by atoms with E-state index in [1.807, 2.05) is 18.3 Å². The number of rotatable bonds is 7. The Kier molecular flexibility index (Phi) is 11.6. The van der Waals surface area contributed by atoms with Crippen molar-refractivity contribution in [3.63, 3.8) is 0 Å². The lowest BCUT2D eigenvalue weighted by Gasteiger charge is -2.35. The van der Waals surface area contributed by atoms with Gasteiger partial charge >= 0.3 is 5.97 Å². The number of aryl methyl sites for hydroxylation is 1. The maximum Gasteiger partial charge on any atom is 0.310 e. The van der Waals surface area contributed by atoms with Crippen molar-refractivity contribution in [1.29, 1.82) is 0 Å². The number of thiophene rings is 1. The highest BCUT2D eigenvalue weighted by atomic mass is 127. The van der Waals surface area contributed by atoms with E-state index in [1.54, 1.807) is 0 Å². The molecule has 3 rings (SSSR count). The van der Waals surface area contributed by atoms with E-state index in [0.29, 0.717) is 19.7 Å². The predicted octanol–water partition coefficient (Wildman–Crippen LogP) is 3.29. The molecule has 0 aliphatic carbocycles. The summed E-state index contributed by atoms with van der Waals surface area (Å²) >= 11 is 1.85. The minimum absolute atomic E-state index is 0. The Morgan fingerprint density at radius 3 is 2.74 bits per heavy atom. The van der Waals surface area contributed by atoms with Gasteiger partial charge in [0.2, 0.25) is 0 Å². The van der Waals surface area contributed by atoms with E-state index in [0.717, 1.165) is 58.2 Å². The fourth-order valence-electron chi connectivity index (χ4n) is 4.13. The van der Waals surface area contributed by atoms with Crippen LogP contribution in [0.25, 0.3) is 0 Å². The van der Waals surface area contributed by atoms with E-state index >= 15 is 0 Å². The van der Waals surface area contributed by atoms with Crippen LogP contribution in [0.15, 0.2) is 17.1 Å². The van der Waals surface area contributed by atoms with Crippen molar-refractivity contribution in [1.82, 2.24) is 15.1 Å². The Morgan fingerprint density at radius 2 is 2.10 bits per heavy atom. The van der Waals surface area contributed by atoms with Gasteiger partial charge in [-0.15, -0.1) is 35.3 Å². The summed E-state index contributed by atoms with van der Waals surface area (Å²) in [5, 5.41) is 3.44. The zero-order valence-corrected chi connectivity index (χ0v) is 22.1. The molecule has 176 valence electrons. The highest BCUT2D eigenvalue weighted by Crippen LogP contribution is 2.29. The van der Waals surface area contributed by atoms with Gasteiger partial charge in [-0.25, -0.2) is 0 Å². The van der Waals surface area contributed by atoms with Crippen molar-refractivity contribution < 1.29 is 14.3 Å². The van der Waals surface area contributed by atoms with Crippen molar-refractivity contribution in [3.05, 3.63) is 21.9 Å². The van der Waals surface area contributed by atoms with Crippen molar-refractivity contribution in [2.24, 2.45) is 10.9 Å². The van der Waals surface area contributed by atoms with Crippen molar-refractivity contribution in [2.75, 3.05) is 59.1 Å². The van der Waals surface area contributed by atoms with Gasteiger partial charge in [-0.3, -0.25) is 14.7 Å². The zero-order valence-electron chi connectivity index (χ0n) is 19.0. The van der Waals surface area contributed by atoms with Gasteiger partial charge in [0.05, 0.1) is 38.3 Å². The lowest BCUT2D eigenvalue weighted by Crippen LogP contribution is -2.48. The molecular formula is C22H37IN4O3S. The van der Waals surface area contributed by atoms with Crippen molar-refractivity contribution in [3.8, 4) is 0 Å². The molecule has 2 fully saturated rings. The first-order valence-electron chi connectivity index (χ1n) is 11.2. The molecule has 3 heterocycles. The molecule has 31 heavy (non-hydrogen) atoms. The van der Waals surface area contributed by atoms with E-state index in [1.165, 1.54) is 9.75 Å². The highest BCUT2D eigenvalue weighted by molar-refractivity contribution is 14.0. The van der Waals surface area contributed by atoms with Gasteiger partial charge < -0.3 is 19.7 Å². The molecule has 1 N–H and O–H groups in total. The topological polar surface area (TPSA) is 66.4 Å². The summed E-state index contributed by atoms with van der Waals surface area (Å²) in [5.41, 5.74) is 0. The van der Waals surface area contributed by atoms with Crippen molar-refractivity contribution >= 4 is 47.2 Å². The minimum Gasteiger partial charge on any atom is -0.466 e. The summed E-state index contributed by atoms with van der Waals surface area (Å²) in [5.74, 6) is 0.744. The minimum atomic E-state index is -0.0849. The molecule has 2 aliphatic rings. The molecule has 7 nitrogen and oxygen atoms in total. The average Bonchev–Trinajstić information content (AvgIpc) is 3.20. The molecule has 1 unspecified atom stereocenters. The van der Waals surface area contributed by atoms with Crippen LogP contribution in [0.4, 0.5) is 0 Å². The number of guanidine groups is 1. The summed E-state index contributed by atoms with van der Waals surface area (Å²) in [6.07, 6.45) is 1.87. The smallest absolute Gasteiger partial charge is 0.310 e.